The van der Waals surface area contributed by atoms with E-state index in [-0.39, 0.29) is 23.9 Å². The van der Waals surface area contributed by atoms with Gasteiger partial charge in [-0.1, -0.05) is 41.4 Å². The lowest BCUT2D eigenvalue weighted by atomic mass is 10.1. The van der Waals surface area contributed by atoms with Crippen molar-refractivity contribution >= 4 is 62.9 Å². The van der Waals surface area contributed by atoms with Crippen LogP contribution in [0.4, 0.5) is 5.69 Å². The van der Waals surface area contributed by atoms with Crippen molar-refractivity contribution in [1.82, 2.24) is 9.66 Å². The predicted molar refractivity (Wildman–Crippen MR) is 186 cm³/mol. The van der Waals surface area contributed by atoms with Crippen LogP contribution in [0.25, 0.3) is 33.5 Å². The van der Waals surface area contributed by atoms with E-state index in [2.05, 4.69) is 17.0 Å². The zero-order valence-electron chi connectivity index (χ0n) is 25.2. The molecule has 6 rings (SSSR count). The first kappa shape index (κ1) is 31.6. The first-order valence-electron chi connectivity index (χ1n) is 14.7. The molecule has 1 N–H and O–H groups in total. The first-order chi connectivity index (χ1) is 22.8. The second kappa shape index (κ2) is 13.9. The predicted octanol–water partition coefficient (Wildman–Crippen LogP) is 8.14. The number of ether oxygens (including phenoxy) is 2. The summed E-state index contributed by atoms with van der Waals surface area (Å²) in [6.45, 7) is 5.80. The Morgan fingerprint density at radius 3 is 2.60 bits per heavy atom. The topological polar surface area (TPSA) is 108 Å². The highest BCUT2D eigenvalue weighted by Crippen LogP contribution is 2.34. The van der Waals surface area contributed by atoms with Crippen molar-refractivity contribution in [3.63, 3.8) is 0 Å². The lowest BCUT2D eigenvalue weighted by Crippen LogP contribution is -2.21. The van der Waals surface area contributed by atoms with Gasteiger partial charge in [0, 0.05) is 26.7 Å². The molecule has 1 amide bonds. The van der Waals surface area contributed by atoms with Crippen LogP contribution in [-0.4, -0.2) is 35.0 Å². The van der Waals surface area contributed by atoms with E-state index in [1.54, 1.807) is 78.9 Å². The number of aromatic nitrogens is 2. The van der Waals surface area contributed by atoms with Gasteiger partial charge in [-0.3, -0.25) is 9.59 Å². The molecular weight excluding hydrogens is 639 g/mol. The van der Waals surface area contributed by atoms with E-state index in [1.165, 1.54) is 10.9 Å². The highest BCUT2D eigenvalue weighted by atomic mass is 35.5. The largest absolute Gasteiger partial charge is 0.490 e. The van der Waals surface area contributed by atoms with Crippen molar-refractivity contribution in [2.24, 2.45) is 5.10 Å². The van der Waals surface area contributed by atoms with Gasteiger partial charge in [-0.25, -0.2) is 4.98 Å². The van der Waals surface area contributed by atoms with Crippen molar-refractivity contribution in [1.29, 1.82) is 0 Å². The number of nitrogens with one attached hydrogen (secondary N) is 1. The number of carbonyl (C=O) groups is 1. The molecule has 0 bridgehead atoms. The van der Waals surface area contributed by atoms with Gasteiger partial charge in [0.15, 0.2) is 23.9 Å². The number of furan rings is 1. The van der Waals surface area contributed by atoms with Gasteiger partial charge in [-0.05, 0) is 91.7 Å². The molecule has 2 aromatic heterocycles. The summed E-state index contributed by atoms with van der Waals surface area (Å²) in [5.41, 5.74) is 2.65. The van der Waals surface area contributed by atoms with Gasteiger partial charge >= 0.3 is 0 Å². The normalized spacial score (nSPS) is 11.3. The number of rotatable bonds is 11. The summed E-state index contributed by atoms with van der Waals surface area (Å²) in [4.78, 5) is 31.2. The van der Waals surface area contributed by atoms with Crippen LogP contribution < -0.4 is 20.3 Å². The van der Waals surface area contributed by atoms with E-state index in [4.69, 9.17) is 42.1 Å². The maximum absolute atomic E-state index is 13.7. The molecule has 6 aromatic rings. The van der Waals surface area contributed by atoms with E-state index in [0.717, 1.165) is 5.39 Å². The Hall–Kier alpha value is -5.38. The van der Waals surface area contributed by atoms with E-state index < -0.39 is 0 Å². The number of hydrogen-bond donors (Lipinski definition) is 1. The average Bonchev–Trinajstić information content (AvgIpc) is 3.48. The Morgan fingerprint density at radius 2 is 1.81 bits per heavy atom. The summed E-state index contributed by atoms with van der Waals surface area (Å²) < 4.78 is 19.2. The zero-order chi connectivity index (χ0) is 32.9. The molecule has 0 saturated heterocycles. The summed E-state index contributed by atoms with van der Waals surface area (Å²) in [5, 5.41) is 9.65. The third-order valence-corrected chi connectivity index (χ3v) is 7.56. The molecule has 0 saturated carbocycles. The standard InChI is InChI=1S/C36H28Cl2N4O5/c1-3-7-23-16-22(17-31(45-4-2)34(23)46-21-33(43)40-27-13-10-25(37)11-14-27)20-39-42-35(41-29-9-6-5-8-28(29)36(42)44)32-19-24-18-26(38)12-15-30(24)47-32/h3,5-6,8-20H,1,4,7,21H2,2H3,(H,40,43). The highest BCUT2D eigenvalue weighted by molar-refractivity contribution is 6.31. The summed E-state index contributed by atoms with van der Waals surface area (Å²) in [6, 6.07) is 24.4. The highest BCUT2D eigenvalue weighted by Gasteiger charge is 2.18. The summed E-state index contributed by atoms with van der Waals surface area (Å²) in [5.74, 6) is 1.03. The van der Waals surface area contributed by atoms with Crippen LogP contribution in [-0.2, 0) is 11.2 Å². The fourth-order valence-corrected chi connectivity index (χ4v) is 5.31. The molecule has 9 nitrogen and oxygen atoms in total. The quantitative estimate of drug-likeness (QED) is 0.110. The number of hydrogen-bond acceptors (Lipinski definition) is 7. The molecule has 0 aliphatic rings. The lowest BCUT2D eigenvalue weighted by Gasteiger charge is -2.16. The molecule has 0 atom stereocenters. The number of halogens is 2. The molecule has 0 aliphatic heterocycles. The minimum atomic E-state index is -0.372. The van der Waals surface area contributed by atoms with E-state index in [0.29, 0.717) is 73.6 Å². The van der Waals surface area contributed by atoms with Crippen LogP contribution in [0.5, 0.6) is 11.5 Å². The number of nitrogens with zero attached hydrogens (tertiary/aromatic N) is 3. The first-order valence-corrected chi connectivity index (χ1v) is 15.4. The molecule has 2 heterocycles. The maximum atomic E-state index is 13.7. The Balaban J connectivity index is 1.36. The van der Waals surface area contributed by atoms with Gasteiger partial charge in [0.2, 0.25) is 5.82 Å². The van der Waals surface area contributed by atoms with Crippen LogP contribution in [0.2, 0.25) is 10.0 Å². The van der Waals surface area contributed by atoms with Crippen molar-refractivity contribution in [3.8, 4) is 23.1 Å². The van der Waals surface area contributed by atoms with Crippen LogP contribution in [0.1, 0.15) is 18.1 Å². The molecule has 11 heteroatoms. The zero-order valence-corrected chi connectivity index (χ0v) is 26.7. The number of allylic oxidation sites excluding steroid dienone is 1. The van der Waals surface area contributed by atoms with Crippen molar-refractivity contribution in [3.05, 3.63) is 129 Å². The lowest BCUT2D eigenvalue weighted by molar-refractivity contribution is -0.118. The average molecular weight is 668 g/mol. The Bertz CT molecular complexity index is 2210. The number of para-hydroxylation sites is 1. The molecule has 0 radical (unpaired) electrons. The van der Waals surface area contributed by atoms with Gasteiger partial charge in [0.1, 0.15) is 5.58 Å². The van der Waals surface area contributed by atoms with E-state index in [9.17, 15) is 9.59 Å². The molecule has 0 aliphatic carbocycles. The number of benzene rings is 4. The van der Waals surface area contributed by atoms with Crippen LogP contribution >= 0.6 is 23.2 Å². The number of fused-ring (bicyclic) bond motifs is 2. The number of anilines is 1. The Labute approximate surface area is 279 Å². The van der Waals surface area contributed by atoms with Gasteiger partial charge in [-0.2, -0.15) is 9.78 Å². The van der Waals surface area contributed by atoms with Gasteiger partial charge in [0.25, 0.3) is 11.5 Å². The molecule has 0 spiro atoms. The van der Waals surface area contributed by atoms with Crippen molar-refractivity contribution in [2.45, 2.75) is 13.3 Å². The fraction of sp³-hybridized carbons (Fsp3) is 0.111. The SMILES string of the molecule is C=CCc1cc(C=Nn2c(-c3cc4cc(Cl)ccc4o3)nc3ccccc3c2=O)cc(OCC)c1OCC(=O)Nc1ccc(Cl)cc1. The summed E-state index contributed by atoms with van der Waals surface area (Å²) in [7, 11) is 0. The summed E-state index contributed by atoms with van der Waals surface area (Å²) in [6.07, 6.45) is 3.67. The third-order valence-electron chi connectivity index (χ3n) is 7.07. The van der Waals surface area contributed by atoms with E-state index in [1.807, 2.05) is 19.1 Å². The van der Waals surface area contributed by atoms with Crippen molar-refractivity contribution in [2.75, 3.05) is 18.5 Å². The smallest absolute Gasteiger partial charge is 0.282 e. The van der Waals surface area contributed by atoms with Crippen LogP contribution in [0, 0.1) is 0 Å². The summed E-state index contributed by atoms with van der Waals surface area (Å²) >= 11 is 12.1. The van der Waals surface area contributed by atoms with Crippen LogP contribution in [0.3, 0.4) is 0 Å². The second-order valence-corrected chi connectivity index (χ2v) is 11.3. The molecule has 47 heavy (non-hydrogen) atoms. The van der Waals surface area contributed by atoms with Gasteiger partial charge in [0.05, 0.1) is 23.7 Å². The van der Waals surface area contributed by atoms with Crippen molar-refractivity contribution < 1.29 is 18.7 Å². The van der Waals surface area contributed by atoms with Gasteiger partial charge in [-0.15, -0.1) is 6.58 Å². The monoisotopic (exact) mass is 666 g/mol. The molecular formula is C36H28Cl2N4O5. The number of carbonyl (C=O) groups excluding carboxylic acids is 1. The minimum Gasteiger partial charge on any atom is -0.490 e. The van der Waals surface area contributed by atoms with E-state index >= 15 is 0 Å². The molecule has 236 valence electrons. The van der Waals surface area contributed by atoms with Gasteiger partial charge < -0.3 is 19.2 Å². The number of amides is 1. The maximum Gasteiger partial charge on any atom is 0.282 e. The molecule has 0 fully saturated rings. The Kier molecular flexibility index (Phi) is 9.37. The minimum absolute atomic E-state index is 0.222. The molecule has 0 unspecified atom stereocenters. The van der Waals surface area contributed by atoms with Crippen LogP contribution in [0.15, 0.2) is 112 Å². The Morgan fingerprint density at radius 1 is 1.02 bits per heavy atom. The second-order valence-electron chi connectivity index (χ2n) is 10.4. The fourth-order valence-electron chi connectivity index (χ4n) is 5.00. The molecule has 4 aromatic carbocycles. The third kappa shape index (κ3) is 7.06.